The first kappa shape index (κ1) is 22.9. The molecule has 2 amide bonds. The van der Waals surface area contributed by atoms with Crippen molar-refractivity contribution in [2.45, 2.75) is 0 Å². The largest absolute Gasteiger partial charge is 0.506 e. The highest BCUT2D eigenvalue weighted by atomic mass is 79.9. The van der Waals surface area contributed by atoms with Gasteiger partial charge in [0.1, 0.15) is 18.1 Å². The molecule has 1 aromatic heterocycles. The lowest BCUT2D eigenvalue weighted by Gasteiger charge is -2.16. The molecular formula is C21H23BrClN5O3. The number of nitrogens with zero attached hydrogens (tertiary/aromatic N) is 3. The Morgan fingerprint density at radius 1 is 1.23 bits per heavy atom. The van der Waals surface area contributed by atoms with Crippen LogP contribution in [0.5, 0.6) is 11.5 Å². The minimum atomic E-state index is -0.460. The van der Waals surface area contributed by atoms with E-state index in [1.165, 1.54) is 12.1 Å². The lowest BCUT2D eigenvalue weighted by molar-refractivity contribution is 0.261. The van der Waals surface area contributed by atoms with Gasteiger partial charge < -0.3 is 25.4 Å². The van der Waals surface area contributed by atoms with Crippen molar-refractivity contribution in [2.75, 3.05) is 37.9 Å². The second-order valence-corrected chi connectivity index (χ2v) is 8.33. The van der Waals surface area contributed by atoms with Gasteiger partial charge in [0.2, 0.25) is 0 Å². The van der Waals surface area contributed by atoms with Gasteiger partial charge in [0.25, 0.3) is 0 Å². The van der Waals surface area contributed by atoms with Gasteiger partial charge >= 0.3 is 6.03 Å². The van der Waals surface area contributed by atoms with Crippen LogP contribution < -0.4 is 15.4 Å². The molecule has 1 heterocycles. The van der Waals surface area contributed by atoms with Crippen LogP contribution in [0.3, 0.4) is 0 Å². The number of phenolic OH excluding ortho intramolecular Hbond substituents is 1. The highest BCUT2D eigenvalue weighted by Crippen LogP contribution is 2.36. The number of aromatic hydroxyl groups is 1. The molecule has 8 nitrogen and oxygen atoms in total. The molecule has 10 heteroatoms. The van der Waals surface area contributed by atoms with Gasteiger partial charge in [0, 0.05) is 36.6 Å². The molecule has 3 rings (SSSR count). The summed E-state index contributed by atoms with van der Waals surface area (Å²) in [5.41, 5.74) is 2.59. The zero-order chi connectivity index (χ0) is 22.5. The summed E-state index contributed by atoms with van der Waals surface area (Å²) < 4.78 is 8.54. The lowest BCUT2D eigenvalue weighted by Crippen LogP contribution is -2.20. The number of likely N-dealkylation sites (N-methyl/N-ethyl adjacent to an activating group) is 1. The van der Waals surface area contributed by atoms with E-state index in [1.54, 1.807) is 23.0 Å². The van der Waals surface area contributed by atoms with Gasteiger partial charge in [-0.05, 0) is 60.4 Å². The first-order valence-corrected chi connectivity index (χ1v) is 10.6. The zero-order valence-electron chi connectivity index (χ0n) is 17.3. The maximum absolute atomic E-state index is 12.4. The molecule has 0 atom stereocenters. The molecule has 0 radical (unpaired) electrons. The van der Waals surface area contributed by atoms with Crippen molar-refractivity contribution < 1.29 is 14.6 Å². The number of anilines is 2. The van der Waals surface area contributed by atoms with Crippen molar-refractivity contribution >= 4 is 44.9 Å². The summed E-state index contributed by atoms with van der Waals surface area (Å²) in [7, 11) is 5.80. The van der Waals surface area contributed by atoms with Crippen LogP contribution in [0.25, 0.3) is 11.3 Å². The molecule has 164 valence electrons. The van der Waals surface area contributed by atoms with Crippen LogP contribution >= 0.6 is 27.5 Å². The molecule has 2 aromatic carbocycles. The molecule has 31 heavy (non-hydrogen) atoms. The predicted octanol–water partition coefficient (Wildman–Crippen LogP) is 4.79. The number of nitrogens with one attached hydrogen (secondary N) is 2. The normalized spacial score (nSPS) is 10.9. The SMILES string of the molecule is CN(C)CCOc1ccc(NC(=O)Nc2ccc(Cl)c(O)c2)cc1-c1c(Br)cnn1C. The van der Waals surface area contributed by atoms with Crippen LogP contribution in [0.15, 0.2) is 47.1 Å². The number of aromatic nitrogens is 2. The molecule has 3 aromatic rings. The number of urea groups is 1. The average Bonchev–Trinajstić information content (AvgIpc) is 3.03. The molecule has 3 N–H and O–H groups in total. The Morgan fingerprint density at radius 3 is 2.52 bits per heavy atom. The fourth-order valence-corrected chi connectivity index (χ4v) is 3.53. The average molecular weight is 509 g/mol. The molecular weight excluding hydrogens is 486 g/mol. The fraction of sp³-hybridized carbons (Fsp3) is 0.238. The summed E-state index contributed by atoms with van der Waals surface area (Å²) in [5, 5.41) is 19.6. The Labute approximate surface area is 193 Å². The van der Waals surface area contributed by atoms with Crippen molar-refractivity contribution in [3.63, 3.8) is 0 Å². The van der Waals surface area contributed by atoms with E-state index in [1.807, 2.05) is 38.2 Å². The number of benzene rings is 2. The topological polar surface area (TPSA) is 91.7 Å². The summed E-state index contributed by atoms with van der Waals surface area (Å²) in [6, 6.07) is 9.42. The number of phenols is 1. The Balaban J connectivity index is 1.83. The van der Waals surface area contributed by atoms with Crippen molar-refractivity contribution in [3.05, 3.63) is 52.1 Å². The van der Waals surface area contributed by atoms with E-state index in [2.05, 4.69) is 31.7 Å². The zero-order valence-corrected chi connectivity index (χ0v) is 19.7. The van der Waals surface area contributed by atoms with Gasteiger partial charge in [-0.25, -0.2) is 4.79 Å². The number of halogens is 2. The van der Waals surface area contributed by atoms with E-state index in [0.29, 0.717) is 23.7 Å². The Kier molecular flexibility index (Phi) is 7.42. The number of ether oxygens (including phenoxy) is 1. The minimum Gasteiger partial charge on any atom is -0.506 e. The molecule has 0 aliphatic carbocycles. The van der Waals surface area contributed by atoms with Gasteiger partial charge in [0.15, 0.2) is 0 Å². The number of rotatable bonds is 7. The number of carbonyl (C=O) groups is 1. The number of aryl methyl sites for hydroxylation is 1. The third kappa shape index (κ3) is 5.90. The van der Waals surface area contributed by atoms with Crippen molar-refractivity contribution in [3.8, 4) is 22.8 Å². The highest BCUT2D eigenvalue weighted by Gasteiger charge is 2.16. The molecule has 0 bridgehead atoms. The van der Waals surface area contributed by atoms with Crippen molar-refractivity contribution in [1.29, 1.82) is 0 Å². The van der Waals surface area contributed by atoms with E-state index >= 15 is 0 Å². The minimum absolute atomic E-state index is 0.109. The summed E-state index contributed by atoms with van der Waals surface area (Å²) in [6.07, 6.45) is 1.71. The monoisotopic (exact) mass is 507 g/mol. The Hall–Kier alpha value is -2.75. The standard InChI is InChI=1S/C21H23BrClN5O3/c1-27(2)8-9-31-19-7-5-13(10-15(19)20-16(22)12-24-28(20)3)25-21(30)26-14-4-6-17(23)18(29)11-14/h4-7,10-12,29H,8-9H2,1-3H3,(H2,25,26,30). The van der Waals surface area contributed by atoms with Crippen LogP contribution in [0.2, 0.25) is 5.02 Å². The molecule has 0 unspecified atom stereocenters. The predicted molar refractivity (Wildman–Crippen MR) is 126 cm³/mol. The summed E-state index contributed by atoms with van der Waals surface area (Å²) in [4.78, 5) is 14.5. The quantitative estimate of drug-likeness (QED) is 0.427. The third-order valence-corrected chi connectivity index (χ3v) is 5.29. The van der Waals surface area contributed by atoms with Gasteiger partial charge in [-0.15, -0.1) is 0 Å². The molecule has 0 fully saturated rings. The maximum Gasteiger partial charge on any atom is 0.323 e. The second kappa shape index (κ2) is 10.0. The van der Waals surface area contributed by atoms with E-state index in [4.69, 9.17) is 16.3 Å². The molecule has 0 spiro atoms. The van der Waals surface area contributed by atoms with Crippen LogP contribution in [0.1, 0.15) is 0 Å². The van der Waals surface area contributed by atoms with E-state index in [0.717, 1.165) is 22.3 Å². The fourth-order valence-electron chi connectivity index (χ4n) is 2.85. The Bertz CT molecular complexity index is 1070. The molecule has 0 aliphatic rings. The van der Waals surface area contributed by atoms with E-state index in [-0.39, 0.29) is 10.8 Å². The smallest absolute Gasteiger partial charge is 0.323 e. The van der Waals surface area contributed by atoms with Crippen molar-refractivity contribution in [1.82, 2.24) is 14.7 Å². The van der Waals surface area contributed by atoms with Crippen LogP contribution in [0, 0.1) is 0 Å². The number of amides is 2. The van der Waals surface area contributed by atoms with E-state index in [9.17, 15) is 9.90 Å². The van der Waals surface area contributed by atoms with Crippen LogP contribution in [-0.2, 0) is 7.05 Å². The van der Waals surface area contributed by atoms with Crippen molar-refractivity contribution in [2.24, 2.45) is 7.05 Å². The summed E-state index contributed by atoms with van der Waals surface area (Å²) >= 11 is 9.33. The first-order valence-electron chi connectivity index (χ1n) is 9.40. The Morgan fingerprint density at radius 2 is 1.90 bits per heavy atom. The molecule has 0 saturated carbocycles. The van der Waals surface area contributed by atoms with Crippen LogP contribution in [-0.4, -0.2) is 53.1 Å². The van der Waals surface area contributed by atoms with Gasteiger partial charge in [0.05, 0.1) is 21.4 Å². The van der Waals surface area contributed by atoms with Gasteiger partial charge in [-0.3, -0.25) is 4.68 Å². The van der Waals surface area contributed by atoms with Gasteiger partial charge in [-0.2, -0.15) is 5.10 Å². The van der Waals surface area contributed by atoms with E-state index < -0.39 is 6.03 Å². The summed E-state index contributed by atoms with van der Waals surface area (Å²) in [6.45, 7) is 1.28. The second-order valence-electron chi connectivity index (χ2n) is 7.07. The third-order valence-electron chi connectivity index (χ3n) is 4.39. The number of hydrogen-bond donors (Lipinski definition) is 3. The number of hydrogen-bond acceptors (Lipinski definition) is 5. The summed E-state index contributed by atoms with van der Waals surface area (Å²) in [5.74, 6) is 0.571. The van der Waals surface area contributed by atoms with Gasteiger partial charge in [-0.1, -0.05) is 11.6 Å². The maximum atomic E-state index is 12.4. The highest BCUT2D eigenvalue weighted by molar-refractivity contribution is 9.10. The van der Waals surface area contributed by atoms with Crippen LogP contribution in [0.4, 0.5) is 16.2 Å². The lowest BCUT2D eigenvalue weighted by atomic mass is 10.1. The first-order chi connectivity index (χ1) is 14.7. The molecule has 0 aliphatic heterocycles. The number of carbonyl (C=O) groups excluding carboxylic acids is 1. The molecule has 0 saturated heterocycles.